The average molecular weight is 286 g/mol. The zero-order valence-corrected chi connectivity index (χ0v) is 12.0. The van der Waals surface area contributed by atoms with Crippen LogP contribution in [0.15, 0.2) is 18.2 Å². The molecule has 0 amide bonds. The highest BCUT2D eigenvalue weighted by Crippen LogP contribution is 2.34. The van der Waals surface area contributed by atoms with Gasteiger partial charge in [0.1, 0.15) is 5.82 Å². The monoisotopic (exact) mass is 285 g/mol. The van der Waals surface area contributed by atoms with E-state index in [4.69, 9.17) is 16.3 Å². The van der Waals surface area contributed by atoms with E-state index in [9.17, 15) is 4.39 Å². The van der Waals surface area contributed by atoms with Gasteiger partial charge < -0.3 is 10.1 Å². The molecule has 1 heterocycles. The Bertz CT molecular complexity index is 407. The van der Waals surface area contributed by atoms with E-state index in [0.29, 0.717) is 5.92 Å². The molecular formula is C15H21ClFNO. The van der Waals surface area contributed by atoms with Crippen LogP contribution >= 0.6 is 11.6 Å². The van der Waals surface area contributed by atoms with Crippen molar-refractivity contribution in [3.05, 3.63) is 34.6 Å². The summed E-state index contributed by atoms with van der Waals surface area (Å²) in [7, 11) is 0. The molecule has 106 valence electrons. The van der Waals surface area contributed by atoms with Gasteiger partial charge in [-0.1, -0.05) is 30.7 Å². The van der Waals surface area contributed by atoms with Gasteiger partial charge >= 0.3 is 0 Å². The summed E-state index contributed by atoms with van der Waals surface area (Å²) >= 11 is 6.14. The normalized spacial score (nSPS) is 18.5. The molecule has 0 aliphatic carbocycles. The molecule has 19 heavy (non-hydrogen) atoms. The highest BCUT2D eigenvalue weighted by Gasteiger charge is 2.27. The van der Waals surface area contributed by atoms with Gasteiger partial charge in [0.05, 0.1) is 5.02 Å². The molecular weight excluding hydrogens is 265 g/mol. The van der Waals surface area contributed by atoms with E-state index in [2.05, 4.69) is 12.2 Å². The molecule has 1 fully saturated rings. The Morgan fingerprint density at radius 3 is 2.84 bits per heavy atom. The van der Waals surface area contributed by atoms with Gasteiger partial charge in [0.15, 0.2) is 0 Å². The number of hydrogen-bond acceptors (Lipinski definition) is 2. The summed E-state index contributed by atoms with van der Waals surface area (Å²) in [5, 5.41) is 3.77. The Morgan fingerprint density at radius 1 is 1.42 bits per heavy atom. The Morgan fingerprint density at radius 2 is 2.16 bits per heavy atom. The van der Waals surface area contributed by atoms with Crippen molar-refractivity contribution < 1.29 is 9.13 Å². The number of halogens is 2. The molecule has 1 aliphatic rings. The lowest BCUT2D eigenvalue weighted by atomic mass is 9.87. The molecule has 1 aromatic rings. The first kappa shape index (κ1) is 14.8. The maximum atomic E-state index is 13.6. The van der Waals surface area contributed by atoms with E-state index in [1.54, 1.807) is 6.07 Å². The second kappa shape index (κ2) is 7.22. The average Bonchev–Trinajstić information content (AvgIpc) is 2.45. The minimum atomic E-state index is -0.338. The van der Waals surface area contributed by atoms with E-state index in [-0.39, 0.29) is 16.9 Å². The summed E-state index contributed by atoms with van der Waals surface area (Å²) in [4.78, 5) is 0. The molecule has 1 N–H and O–H groups in total. The smallest absolute Gasteiger partial charge is 0.142 e. The molecule has 2 rings (SSSR count). The predicted octanol–water partition coefficient (Wildman–Crippen LogP) is 3.95. The summed E-state index contributed by atoms with van der Waals surface area (Å²) in [6.07, 6.45) is 3.04. The molecule has 0 bridgehead atoms. The number of benzene rings is 1. The van der Waals surface area contributed by atoms with E-state index >= 15 is 0 Å². The zero-order chi connectivity index (χ0) is 13.7. The fourth-order valence-electron chi connectivity index (χ4n) is 2.64. The minimum absolute atomic E-state index is 0.118. The van der Waals surface area contributed by atoms with Crippen molar-refractivity contribution in [2.75, 3.05) is 19.8 Å². The standard InChI is InChI=1S/C15H21ClFNO/c1-2-8-18-15(11-6-9-19-10-7-11)12-4-3-5-13(17)14(12)16/h3-5,11,15,18H,2,6-10H2,1H3. The summed E-state index contributed by atoms with van der Waals surface area (Å²) in [5.74, 6) is 0.120. The van der Waals surface area contributed by atoms with E-state index in [1.165, 1.54) is 6.07 Å². The molecule has 1 atom stereocenters. The lowest BCUT2D eigenvalue weighted by Crippen LogP contribution is -2.33. The minimum Gasteiger partial charge on any atom is -0.381 e. The van der Waals surface area contributed by atoms with E-state index < -0.39 is 0 Å². The topological polar surface area (TPSA) is 21.3 Å². The lowest BCUT2D eigenvalue weighted by molar-refractivity contribution is 0.0536. The van der Waals surface area contributed by atoms with Crippen LogP contribution < -0.4 is 5.32 Å². The summed E-state index contributed by atoms with van der Waals surface area (Å²) < 4.78 is 19.1. The fraction of sp³-hybridized carbons (Fsp3) is 0.600. The van der Waals surface area contributed by atoms with Crippen molar-refractivity contribution >= 4 is 11.6 Å². The van der Waals surface area contributed by atoms with Gasteiger partial charge in [-0.05, 0) is 43.4 Å². The van der Waals surface area contributed by atoms with Crippen molar-refractivity contribution in [2.24, 2.45) is 5.92 Å². The van der Waals surface area contributed by atoms with Crippen LogP contribution in [0.3, 0.4) is 0 Å². The van der Waals surface area contributed by atoms with E-state index in [1.807, 2.05) is 6.07 Å². The maximum Gasteiger partial charge on any atom is 0.142 e. The van der Waals surface area contributed by atoms with Gasteiger partial charge in [-0.25, -0.2) is 4.39 Å². The third-order valence-corrected chi connectivity index (χ3v) is 4.07. The molecule has 0 aromatic heterocycles. The van der Waals surface area contributed by atoms with Crippen molar-refractivity contribution in [3.63, 3.8) is 0 Å². The molecule has 1 aliphatic heterocycles. The van der Waals surface area contributed by atoms with Crippen molar-refractivity contribution in [1.29, 1.82) is 0 Å². The van der Waals surface area contributed by atoms with Crippen LogP contribution in [0.5, 0.6) is 0 Å². The van der Waals surface area contributed by atoms with Crippen molar-refractivity contribution in [2.45, 2.75) is 32.2 Å². The first-order chi connectivity index (χ1) is 9.24. The first-order valence-corrected chi connectivity index (χ1v) is 7.37. The molecule has 1 saturated heterocycles. The number of nitrogens with one attached hydrogen (secondary N) is 1. The Labute approximate surface area is 119 Å². The summed E-state index contributed by atoms with van der Waals surface area (Å²) in [6, 6.07) is 5.18. The number of hydrogen-bond donors (Lipinski definition) is 1. The van der Waals surface area contributed by atoms with Crippen LogP contribution in [0.25, 0.3) is 0 Å². The third-order valence-electron chi connectivity index (χ3n) is 3.67. The number of ether oxygens (including phenoxy) is 1. The van der Waals surface area contributed by atoms with Gasteiger partial charge in [-0.2, -0.15) is 0 Å². The Hall–Kier alpha value is -0.640. The Kier molecular flexibility index (Phi) is 5.61. The fourth-order valence-corrected chi connectivity index (χ4v) is 2.88. The van der Waals surface area contributed by atoms with Gasteiger partial charge in [0.2, 0.25) is 0 Å². The van der Waals surface area contributed by atoms with Gasteiger partial charge in [0.25, 0.3) is 0 Å². The molecule has 4 heteroatoms. The second-order valence-corrected chi connectivity index (χ2v) is 5.40. The highest BCUT2D eigenvalue weighted by molar-refractivity contribution is 6.31. The number of rotatable bonds is 5. The first-order valence-electron chi connectivity index (χ1n) is 6.99. The highest BCUT2D eigenvalue weighted by atomic mass is 35.5. The lowest BCUT2D eigenvalue weighted by Gasteiger charge is -2.32. The largest absolute Gasteiger partial charge is 0.381 e. The molecule has 1 aromatic carbocycles. The van der Waals surface area contributed by atoms with Gasteiger partial charge in [0, 0.05) is 19.3 Å². The Balaban J connectivity index is 2.22. The quantitative estimate of drug-likeness (QED) is 0.884. The molecule has 2 nitrogen and oxygen atoms in total. The molecule has 1 unspecified atom stereocenters. The van der Waals surface area contributed by atoms with Gasteiger partial charge in [-0.3, -0.25) is 0 Å². The SMILES string of the molecule is CCCNC(c1cccc(F)c1Cl)C1CCOCC1. The molecule has 0 spiro atoms. The van der Waals surface area contributed by atoms with Crippen molar-refractivity contribution in [1.82, 2.24) is 5.32 Å². The van der Waals surface area contributed by atoms with Crippen LogP contribution in [0.2, 0.25) is 5.02 Å². The van der Waals surface area contributed by atoms with Gasteiger partial charge in [-0.15, -0.1) is 0 Å². The van der Waals surface area contributed by atoms with Crippen LogP contribution in [-0.4, -0.2) is 19.8 Å². The molecule has 0 radical (unpaired) electrons. The van der Waals surface area contributed by atoms with E-state index in [0.717, 1.165) is 44.6 Å². The zero-order valence-electron chi connectivity index (χ0n) is 11.3. The summed E-state index contributed by atoms with van der Waals surface area (Å²) in [6.45, 7) is 4.60. The van der Waals surface area contributed by atoms with Crippen molar-refractivity contribution in [3.8, 4) is 0 Å². The van der Waals surface area contributed by atoms with Crippen LogP contribution in [-0.2, 0) is 4.74 Å². The van der Waals surface area contributed by atoms with Crippen LogP contribution in [0.4, 0.5) is 4.39 Å². The van der Waals surface area contributed by atoms with Crippen LogP contribution in [0.1, 0.15) is 37.8 Å². The van der Waals surface area contributed by atoms with Crippen LogP contribution in [0, 0.1) is 11.7 Å². The maximum absolute atomic E-state index is 13.6. The third kappa shape index (κ3) is 3.68. The second-order valence-electron chi connectivity index (χ2n) is 5.02. The molecule has 0 saturated carbocycles. The predicted molar refractivity (Wildman–Crippen MR) is 76.0 cm³/mol. The summed E-state index contributed by atoms with van der Waals surface area (Å²) in [5.41, 5.74) is 0.877.